The third-order valence-electron chi connectivity index (χ3n) is 4.15. The number of fused-ring (bicyclic) bond motifs is 1. The second-order valence-electron chi connectivity index (χ2n) is 5.27. The molecule has 2 heterocycles. The third kappa shape index (κ3) is 3.13. The lowest BCUT2D eigenvalue weighted by Gasteiger charge is -2.26. The van der Waals surface area contributed by atoms with Gasteiger partial charge in [0.05, 0.1) is 0 Å². The maximum absolute atomic E-state index is 12.1. The smallest absolute Gasteiger partial charge is 0.316 e. The van der Waals surface area contributed by atoms with Crippen molar-refractivity contribution in [3.8, 4) is 0 Å². The number of nitrogens with zero attached hydrogens (tertiary/aromatic N) is 1. The maximum Gasteiger partial charge on any atom is 0.389 e. The van der Waals surface area contributed by atoms with E-state index in [1.165, 1.54) is 0 Å². The molecule has 3 unspecified atom stereocenters. The van der Waals surface area contributed by atoms with Crippen LogP contribution in [0.1, 0.15) is 26.2 Å². The molecule has 0 spiro atoms. The van der Waals surface area contributed by atoms with Crippen molar-refractivity contribution in [1.82, 2.24) is 10.2 Å². The second kappa shape index (κ2) is 5.14. The first-order valence-corrected chi connectivity index (χ1v) is 6.53. The molecule has 1 N–H and O–H groups in total. The fourth-order valence-electron chi connectivity index (χ4n) is 3.41. The molecule has 0 aliphatic carbocycles. The Labute approximate surface area is 101 Å². The first kappa shape index (κ1) is 13.1. The van der Waals surface area contributed by atoms with Crippen LogP contribution in [-0.2, 0) is 0 Å². The molecule has 2 nitrogen and oxygen atoms in total. The quantitative estimate of drug-likeness (QED) is 0.823. The number of hydrogen-bond acceptors (Lipinski definition) is 2. The van der Waals surface area contributed by atoms with Crippen molar-refractivity contribution >= 4 is 0 Å². The minimum atomic E-state index is -4.00. The average Bonchev–Trinajstić information content (AvgIpc) is 2.75. The molecule has 2 saturated heterocycles. The van der Waals surface area contributed by atoms with Gasteiger partial charge in [0.25, 0.3) is 0 Å². The summed E-state index contributed by atoms with van der Waals surface area (Å²) in [6.07, 6.45) is -3.35. The van der Waals surface area contributed by atoms with Crippen LogP contribution in [0, 0.1) is 11.8 Å². The Morgan fingerprint density at radius 2 is 2.06 bits per heavy atom. The van der Waals surface area contributed by atoms with Crippen LogP contribution in [0.4, 0.5) is 13.2 Å². The number of rotatable bonds is 4. The van der Waals surface area contributed by atoms with Gasteiger partial charge in [-0.25, -0.2) is 0 Å². The predicted molar refractivity (Wildman–Crippen MR) is 60.8 cm³/mol. The van der Waals surface area contributed by atoms with E-state index in [1.807, 2.05) is 0 Å². The number of likely N-dealkylation sites (tertiary alicyclic amines) is 1. The van der Waals surface area contributed by atoms with Gasteiger partial charge in [-0.15, -0.1) is 0 Å². The standard InChI is InChI=1S/C12H21F3N2/c1-2-11-10-7-16-6-9(10)8-17(11)5-3-4-12(13,14)15/h9-11,16H,2-8H2,1H3. The van der Waals surface area contributed by atoms with Crippen molar-refractivity contribution in [2.24, 2.45) is 11.8 Å². The van der Waals surface area contributed by atoms with Crippen LogP contribution in [0.2, 0.25) is 0 Å². The Balaban J connectivity index is 1.81. The van der Waals surface area contributed by atoms with Gasteiger partial charge in [0, 0.05) is 19.0 Å². The minimum absolute atomic E-state index is 0.243. The summed E-state index contributed by atoms with van der Waals surface area (Å²) in [5, 5.41) is 3.38. The highest BCUT2D eigenvalue weighted by Crippen LogP contribution is 2.34. The van der Waals surface area contributed by atoms with Gasteiger partial charge in [0.2, 0.25) is 0 Å². The Morgan fingerprint density at radius 3 is 2.71 bits per heavy atom. The average molecular weight is 250 g/mol. The van der Waals surface area contributed by atoms with Gasteiger partial charge in [0.1, 0.15) is 0 Å². The number of hydrogen-bond donors (Lipinski definition) is 1. The summed E-state index contributed by atoms with van der Waals surface area (Å²) in [5.41, 5.74) is 0. The van der Waals surface area contributed by atoms with Crippen LogP contribution < -0.4 is 5.32 Å². The molecule has 2 rings (SSSR count). The summed E-state index contributed by atoms with van der Waals surface area (Å²) in [7, 11) is 0. The highest BCUT2D eigenvalue weighted by molar-refractivity contribution is 4.97. The van der Waals surface area contributed by atoms with E-state index in [0.717, 1.165) is 26.1 Å². The van der Waals surface area contributed by atoms with Crippen molar-refractivity contribution in [3.63, 3.8) is 0 Å². The molecule has 0 aromatic carbocycles. The van der Waals surface area contributed by atoms with Gasteiger partial charge in [-0.05, 0) is 44.3 Å². The molecule has 2 fully saturated rings. The van der Waals surface area contributed by atoms with Gasteiger partial charge in [-0.2, -0.15) is 13.2 Å². The summed E-state index contributed by atoms with van der Waals surface area (Å²) in [5.74, 6) is 1.32. The molecule has 0 bridgehead atoms. The zero-order valence-electron chi connectivity index (χ0n) is 10.3. The molecule has 17 heavy (non-hydrogen) atoms. The van der Waals surface area contributed by atoms with Gasteiger partial charge >= 0.3 is 6.18 Å². The normalized spacial score (nSPS) is 34.2. The number of alkyl halides is 3. The molecular weight excluding hydrogens is 229 g/mol. The van der Waals surface area contributed by atoms with Crippen LogP contribution in [-0.4, -0.2) is 43.3 Å². The van der Waals surface area contributed by atoms with Crippen molar-refractivity contribution in [1.29, 1.82) is 0 Å². The van der Waals surface area contributed by atoms with E-state index in [9.17, 15) is 13.2 Å². The molecule has 100 valence electrons. The van der Waals surface area contributed by atoms with E-state index >= 15 is 0 Å². The van der Waals surface area contributed by atoms with Crippen LogP contribution in [0.15, 0.2) is 0 Å². The lowest BCUT2D eigenvalue weighted by Crippen LogP contribution is -2.36. The Bertz CT molecular complexity index is 255. The summed E-state index contributed by atoms with van der Waals surface area (Å²) in [6.45, 7) is 5.80. The van der Waals surface area contributed by atoms with Crippen molar-refractivity contribution in [2.45, 2.75) is 38.4 Å². The van der Waals surface area contributed by atoms with Gasteiger partial charge in [-0.1, -0.05) is 6.92 Å². The van der Waals surface area contributed by atoms with E-state index in [0.29, 0.717) is 24.4 Å². The van der Waals surface area contributed by atoms with E-state index < -0.39 is 12.6 Å². The zero-order valence-corrected chi connectivity index (χ0v) is 10.3. The van der Waals surface area contributed by atoms with E-state index in [1.54, 1.807) is 0 Å². The third-order valence-corrected chi connectivity index (χ3v) is 4.15. The minimum Gasteiger partial charge on any atom is -0.316 e. The first-order valence-electron chi connectivity index (χ1n) is 6.53. The zero-order chi connectivity index (χ0) is 12.5. The molecule has 0 amide bonds. The van der Waals surface area contributed by atoms with Crippen molar-refractivity contribution in [2.75, 3.05) is 26.2 Å². The molecule has 0 radical (unpaired) electrons. The molecule has 3 atom stereocenters. The monoisotopic (exact) mass is 250 g/mol. The SMILES string of the molecule is CCC1C2CNCC2CN1CCCC(F)(F)F. The Kier molecular flexibility index (Phi) is 3.98. The molecule has 5 heteroatoms. The molecule has 0 aromatic rings. The second-order valence-corrected chi connectivity index (χ2v) is 5.27. The summed E-state index contributed by atoms with van der Waals surface area (Å²) < 4.78 is 36.3. The predicted octanol–water partition coefficient (Wildman–Crippen LogP) is 2.26. The number of halogens is 3. The molecule has 0 saturated carbocycles. The Morgan fingerprint density at radius 1 is 1.29 bits per heavy atom. The summed E-state index contributed by atoms with van der Waals surface area (Å²) in [6, 6.07) is 0.489. The number of nitrogens with one attached hydrogen (secondary N) is 1. The van der Waals surface area contributed by atoms with E-state index in [4.69, 9.17) is 0 Å². The van der Waals surface area contributed by atoms with Crippen LogP contribution in [0.25, 0.3) is 0 Å². The Hall–Kier alpha value is -0.290. The summed E-state index contributed by atoms with van der Waals surface area (Å²) in [4.78, 5) is 2.28. The van der Waals surface area contributed by atoms with Crippen molar-refractivity contribution < 1.29 is 13.2 Å². The van der Waals surface area contributed by atoms with Crippen LogP contribution in [0.5, 0.6) is 0 Å². The van der Waals surface area contributed by atoms with Gasteiger partial charge < -0.3 is 5.32 Å². The molecule has 2 aliphatic heterocycles. The van der Waals surface area contributed by atoms with Crippen molar-refractivity contribution in [3.05, 3.63) is 0 Å². The molecule has 2 aliphatic rings. The van der Waals surface area contributed by atoms with E-state index in [-0.39, 0.29) is 6.42 Å². The van der Waals surface area contributed by atoms with Gasteiger partial charge in [-0.3, -0.25) is 4.90 Å². The molecular formula is C12H21F3N2. The fraction of sp³-hybridized carbons (Fsp3) is 1.00. The highest BCUT2D eigenvalue weighted by atomic mass is 19.4. The highest BCUT2D eigenvalue weighted by Gasteiger charge is 2.42. The molecule has 0 aromatic heterocycles. The maximum atomic E-state index is 12.1. The van der Waals surface area contributed by atoms with Crippen LogP contribution in [0.3, 0.4) is 0 Å². The largest absolute Gasteiger partial charge is 0.389 e. The topological polar surface area (TPSA) is 15.3 Å². The lowest BCUT2D eigenvalue weighted by molar-refractivity contribution is -0.136. The van der Waals surface area contributed by atoms with Crippen LogP contribution >= 0.6 is 0 Å². The first-order chi connectivity index (χ1) is 8.01. The lowest BCUT2D eigenvalue weighted by atomic mass is 9.93. The fourth-order valence-corrected chi connectivity index (χ4v) is 3.41. The van der Waals surface area contributed by atoms with Gasteiger partial charge in [0.15, 0.2) is 0 Å². The summed E-state index contributed by atoms with van der Waals surface area (Å²) >= 11 is 0. The van der Waals surface area contributed by atoms with E-state index in [2.05, 4.69) is 17.1 Å².